The lowest BCUT2D eigenvalue weighted by Gasteiger charge is -2.06. The van der Waals surface area contributed by atoms with Crippen LogP contribution < -0.4 is 10.8 Å². The lowest BCUT2D eigenvalue weighted by atomic mass is 10.1. The Morgan fingerprint density at radius 3 is 2.33 bits per heavy atom. The maximum absolute atomic E-state index is 6.11. The lowest BCUT2D eigenvalue weighted by Crippen LogP contribution is -2.09. The molecule has 0 amide bonds. The van der Waals surface area contributed by atoms with Gasteiger partial charge in [0.25, 0.3) is 0 Å². The van der Waals surface area contributed by atoms with E-state index in [1.807, 2.05) is 68.4 Å². The molecule has 4 rings (SSSR count). The molecule has 0 spiro atoms. The highest BCUT2D eigenvalue weighted by Crippen LogP contribution is 2.22. The number of hydrogen-bond acceptors (Lipinski definition) is 5. The summed E-state index contributed by atoms with van der Waals surface area (Å²) in [4.78, 5) is 8.78. The third-order valence-electron chi connectivity index (χ3n) is 4.22. The number of aromatic nitrogens is 2. The van der Waals surface area contributed by atoms with Gasteiger partial charge >= 0.3 is 0 Å². The van der Waals surface area contributed by atoms with Crippen LogP contribution in [0.3, 0.4) is 0 Å². The minimum absolute atomic E-state index is 0.482. The summed E-state index contributed by atoms with van der Waals surface area (Å²) in [6.07, 6.45) is 0. The van der Waals surface area contributed by atoms with Gasteiger partial charge in [-0.05, 0) is 39.0 Å². The molecule has 4 aromatic rings. The number of benzene rings is 2. The molecule has 0 bridgehead atoms. The number of aryl methyl sites for hydroxylation is 3. The second-order valence-electron chi connectivity index (χ2n) is 6.56. The normalized spacial score (nSPS) is 11.7. The molecule has 0 atom stereocenters. The summed E-state index contributed by atoms with van der Waals surface area (Å²) in [6.45, 7) is 5.93. The van der Waals surface area contributed by atoms with Crippen molar-refractivity contribution in [3.8, 4) is 11.3 Å². The fourth-order valence-corrected chi connectivity index (χ4v) is 3.01. The Bertz CT molecular complexity index is 1160. The zero-order valence-electron chi connectivity index (χ0n) is 15.5. The summed E-state index contributed by atoms with van der Waals surface area (Å²) >= 11 is 0. The predicted octanol–water partition coefficient (Wildman–Crippen LogP) is 4.74. The topological polar surface area (TPSA) is 63.3 Å². The van der Waals surface area contributed by atoms with Crippen LogP contribution in [-0.2, 0) is 0 Å². The smallest absolute Gasteiger partial charge is 0.243 e. The molecular weight excluding hydrogens is 336 g/mol. The highest BCUT2D eigenvalue weighted by atomic mass is 16.3. The first-order chi connectivity index (χ1) is 13.1. The fourth-order valence-electron chi connectivity index (χ4n) is 3.01. The van der Waals surface area contributed by atoms with Crippen molar-refractivity contribution in [1.29, 1.82) is 0 Å². The van der Waals surface area contributed by atoms with Gasteiger partial charge in [-0.2, -0.15) is 5.10 Å². The van der Waals surface area contributed by atoms with Gasteiger partial charge in [-0.3, -0.25) is 0 Å². The number of fused-ring (bicyclic) bond motifs is 1. The van der Waals surface area contributed by atoms with Crippen LogP contribution in [0.15, 0.2) is 70.2 Å². The van der Waals surface area contributed by atoms with E-state index in [4.69, 9.17) is 4.42 Å². The molecule has 0 radical (unpaired) electrons. The monoisotopic (exact) mass is 356 g/mol. The van der Waals surface area contributed by atoms with Crippen LogP contribution >= 0.6 is 0 Å². The van der Waals surface area contributed by atoms with Gasteiger partial charge in [0.2, 0.25) is 5.95 Å². The molecule has 5 nitrogen and oxygen atoms in total. The Morgan fingerprint density at radius 2 is 1.59 bits per heavy atom. The van der Waals surface area contributed by atoms with Gasteiger partial charge in [-0.25, -0.2) is 15.4 Å². The van der Waals surface area contributed by atoms with E-state index in [0.717, 1.165) is 44.6 Å². The zero-order valence-corrected chi connectivity index (χ0v) is 15.5. The quantitative estimate of drug-likeness (QED) is 0.538. The van der Waals surface area contributed by atoms with E-state index in [2.05, 4.69) is 33.5 Å². The third-order valence-corrected chi connectivity index (χ3v) is 4.22. The fraction of sp³-hybridized carbons (Fsp3) is 0.136. The minimum atomic E-state index is 0.482. The minimum Gasteiger partial charge on any atom is -0.456 e. The van der Waals surface area contributed by atoms with Crippen molar-refractivity contribution < 1.29 is 4.42 Å². The average Bonchev–Trinajstić information content (AvgIpc) is 2.66. The van der Waals surface area contributed by atoms with Crippen molar-refractivity contribution in [3.05, 3.63) is 83.0 Å². The van der Waals surface area contributed by atoms with Gasteiger partial charge in [0.15, 0.2) is 0 Å². The number of rotatable bonds is 3. The number of nitrogens with one attached hydrogen (secondary N) is 1. The molecule has 0 fully saturated rings. The molecule has 0 aliphatic carbocycles. The molecule has 1 N–H and O–H groups in total. The highest BCUT2D eigenvalue weighted by molar-refractivity contribution is 5.79. The van der Waals surface area contributed by atoms with E-state index in [1.165, 1.54) is 0 Å². The van der Waals surface area contributed by atoms with Crippen molar-refractivity contribution in [1.82, 2.24) is 9.97 Å². The summed E-state index contributed by atoms with van der Waals surface area (Å²) in [5.41, 5.74) is 7.71. The van der Waals surface area contributed by atoms with Crippen LogP contribution in [0.4, 0.5) is 5.95 Å². The summed E-state index contributed by atoms with van der Waals surface area (Å²) < 4.78 is 6.11. The number of anilines is 1. The van der Waals surface area contributed by atoms with E-state index >= 15 is 0 Å². The van der Waals surface area contributed by atoms with Crippen molar-refractivity contribution in [2.24, 2.45) is 5.10 Å². The SMILES string of the molecule is Cc1ccc2oc(-c3ccccc3)c/c(=N/Nc3nc(C)cc(C)n3)c2c1. The summed E-state index contributed by atoms with van der Waals surface area (Å²) in [5, 5.41) is 6.29. The summed E-state index contributed by atoms with van der Waals surface area (Å²) in [6, 6.07) is 19.9. The van der Waals surface area contributed by atoms with Crippen LogP contribution in [-0.4, -0.2) is 9.97 Å². The largest absolute Gasteiger partial charge is 0.456 e. The van der Waals surface area contributed by atoms with E-state index in [9.17, 15) is 0 Å². The molecule has 0 aliphatic rings. The Kier molecular flexibility index (Phi) is 4.42. The Hall–Kier alpha value is -3.47. The molecule has 2 aromatic carbocycles. The molecule has 0 saturated heterocycles. The molecule has 2 aromatic heterocycles. The second-order valence-corrected chi connectivity index (χ2v) is 6.56. The molecule has 134 valence electrons. The maximum atomic E-state index is 6.11. The summed E-state index contributed by atoms with van der Waals surface area (Å²) in [7, 11) is 0. The van der Waals surface area contributed by atoms with Crippen molar-refractivity contribution >= 4 is 16.9 Å². The second kappa shape index (κ2) is 7.03. The van der Waals surface area contributed by atoms with Crippen molar-refractivity contribution in [2.45, 2.75) is 20.8 Å². The first-order valence-corrected chi connectivity index (χ1v) is 8.80. The van der Waals surface area contributed by atoms with Gasteiger partial charge in [-0.1, -0.05) is 42.0 Å². The van der Waals surface area contributed by atoms with Crippen LogP contribution in [0, 0.1) is 20.8 Å². The van der Waals surface area contributed by atoms with Crippen LogP contribution in [0.5, 0.6) is 0 Å². The van der Waals surface area contributed by atoms with Gasteiger partial charge < -0.3 is 4.42 Å². The number of nitrogens with zero attached hydrogens (tertiary/aromatic N) is 3. The first-order valence-electron chi connectivity index (χ1n) is 8.80. The highest BCUT2D eigenvalue weighted by Gasteiger charge is 2.06. The molecule has 5 heteroatoms. The van der Waals surface area contributed by atoms with E-state index in [0.29, 0.717) is 5.95 Å². The van der Waals surface area contributed by atoms with Crippen LogP contribution in [0.25, 0.3) is 22.3 Å². The van der Waals surface area contributed by atoms with Gasteiger partial charge in [0.1, 0.15) is 11.3 Å². The third kappa shape index (κ3) is 3.72. The molecule has 0 saturated carbocycles. The van der Waals surface area contributed by atoms with Crippen LogP contribution in [0.2, 0.25) is 0 Å². The Balaban J connectivity index is 1.87. The molecule has 0 unspecified atom stereocenters. The zero-order chi connectivity index (χ0) is 18.8. The summed E-state index contributed by atoms with van der Waals surface area (Å²) in [5.74, 6) is 1.24. The van der Waals surface area contributed by atoms with Gasteiger partial charge in [-0.15, -0.1) is 0 Å². The number of hydrogen-bond donors (Lipinski definition) is 1. The Labute approximate surface area is 157 Å². The van der Waals surface area contributed by atoms with E-state index in [-0.39, 0.29) is 0 Å². The molecule has 0 aliphatic heterocycles. The lowest BCUT2D eigenvalue weighted by molar-refractivity contribution is 0.618. The standard InChI is InChI=1S/C22H20N4O/c1-14-9-10-20-18(11-14)19(13-21(27-20)17-7-5-4-6-8-17)25-26-22-23-15(2)12-16(3)24-22/h4-13H,1-3H3,(H,23,24,26)/b25-19-. The van der Waals surface area contributed by atoms with Crippen LogP contribution in [0.1, 0.15) is 17.0 Å². The maximum Gasteiger partial charge on any atom is 0.243 e. The van der Waals surface area contributed by atoms with Gasteiger partial charge in [0.05, 0.1) is 5.36 Å². The molecule has 27 heavy (non-hydrogen) atoms. The molecular formula is C22H20N4O. The Morgan fingerprint density at radius 1 is 0.852 bits per heavy atom. The van der Waals surface area contributed by atoms with Crippen molar-refractivity contribution in [2.75, 3.05) is 5.43 Å². The molecule has 2 heterocycles. The van der Waals surface area contributed by atoms with E-state index < -0.39 is 0 Å². The predicted molar refractivity (Wildman–Crippen MR) is 107 cm³/mol. The first kappa shape index (κ1) is 17.0. The average molecular weight is 356 g/mol. The van der Waals surface area contributed by atoms with Crippen molar-refractivity contribution in [3.63, 3.8) is 0 Å². The van der Waals surface area contributed by atoms with E-state index in [1.54, 1.807) is 0 Å². The van der Waals surface area contributed by atoms with Gasteiger partial charge in [0, 0.05) is 28.4 Å².